The molecule has 3 aromatic heterocycles. The fraction of sp³-hybridized carbons (Fsp3) is 0.304. The number of aryl methyl sites for hydroxylation is 1. The lowest BCUT2D eigenvalue weighted by atomic mass is 9.87. The number of rotatable bonds is 2. The molecule has 0 spiro atoms. The Morgan fingerprint density at radius 1 is 1.08 bits per heavy atom. The van der Waals surface area contributed by atoms with Gasteiger partial charge >= 0.3 is 0 Å². The van der Waals surface area contributed by atoms with Crippen molar-refractivity contribution in [3.63, 3.8) is 0 Å². The van der Waals surface area contributed by atoms with E-state index in [0.717, 1.165) is 15.9 Å². The Balaban J connectivity index is 1.81. The minimum absolute atomic E-state index is 0.183. The molecule has 0 N–H and O–H groups in total. The number of aromatic nitrogens is 2. The summed E-state index contributed by atoms with van der Waals surface area (Å²) in [5.74, 6) is 0.512. The normalized spacial score (nSPS) is 18.2. The predicted molar refractivity (Wildman–Crippen MR) is 111 cm³/mol. The fourth-order valence-electron chi connectivity index (χ4n) is 3.39. The van der Waals surface area contributed by atoms with E-state index >= 15 is 0 Å². The molecule has 1 fully saturated rings. The minimum Gasteiger partial charge on any atom is -0.256 e. The molecule has 0 aliphatic heterocycles. The number of hydrogen-bond donors (Lipinski definition) is 0. The van der Waals surface area contributed by atoms with E-state index in [1.807, 2.05) is 29.6 Å². The molecular formula is C23H24N2S. The fourth-order valence-corrected chi connectivity index (χ4v) is 4.25. The Labute approximate surface area is 166 Å². The first-order valence-electron chi connectivity index (χ1n) is 11.5. The van der Waals surface area contributed by atoms with Crippen molar-refractivity contribution in [2.45, 2.75) is 44.9 Å². The first kappa shape index (κ1) is 12.2. The summed E-state index contributed by atoms with van der Waals surface area (Å²) in [5, 5.41) is 2.92. The second-order valence-corrected chi connectivity index (χ2v) is 7.50. The van der Waals surface area contributed by atoms with E-state index in [9.17, 15) is 0 Å². The second kappa shape index (κ2) is 7.96. The van der Waals surface area contributed by atoms with Crippen molar-refractivity contribution in [2.75, 3.05) is 0 Å². The second-order valence-electron chi connectivity index (χ2n) is 6.65. The largest absolute Gasteiger partial charge is 0.256 e. The first-order valence-corrected chi connectivity index (χ1v) is 9.92. The molecule has 0 radical (unpaired) electrons. The van der Waals surface area contributed by atoms with Crippen LogP contribution in [0.3, 0.4) is 0 Å². The smallest absolute Gasteiger partial charge is 0.123 e. The molecule has 1 aliphatic carbocycles. The van der Waals surface area contributed by atoms with Crippen molar-refractivity contribution in [3.8, 4) is 11.3 Å². The average Bonchev–Trinajstić information content (AvgIpc) is 2.85. The molecule has 1 aliphatic rings. The molecule has 3 heterocycles. The molecular weight excluding hydrogens is 336 g/mol. The molecule has 132 valence electrons. The SMILES string of the molecule is [2H]c1c(C([2H])([2H])[2H])cnc(-c2ccccc3ccc(C4CCCCC4)nc3sc2)c1[2H]. The van der Waals surface area contributed by atoms with Crippen molar-refractivity contribution in [1.82, 2.24) is 9.97 Å². The van der Waals surface area contributed by atoms with Gasteiger partial charge in [-0.05, 0) is 37.4 Å². The van der Waals surface area contributed by atoms with Gasteiger partial charge in [-0.3, -0.25) is 4.98 Å². The maximum Gasteiger partial charge on any atom is 0.123 e. The Hall–Kier alpha value is -2.26. The van der Waals surface area contributed by atoms with Crippen LogP contribution < -0.4 is 0 Å². The van der Waals surface area contributed by atoms with Gasteiger partial charge in [0, 0.05) is 38.3 Å². The van der Waals surface area contributed by atoms with Crippen LogP contribution in [0.2, 0.25) is 0 Å². The van der Waals surface area contributed by atoms with Crippen LogP contribution >= 0.6 is 11.3 Å². The highest BCUT2D eigenvalue weighted by Gasteiger charge is 2.16. The summed E-state index contributed by atoms with van der Waals surface area (Å²) in [6.45, 7) is -2.46. The molecule has 0 amide bonds. The zero-order valence-electron chi connectivity index (χ0n) is 19.5. The predicted octanol–water partition coefficient (Wildman–Crippen LogP) is 6.84. The molecule has 3 heteroatoms. The lowest BCUT2D eigenvalue weighted by molar-refractivity contribution is 0.437. The molecule has 2 nitrogen and oxygen atoms in total. The lowest BCUT2D eigenvalue weighted by Gasteiger charge is -2.20. The molecule has 0 atom stereocenters. The van der Waals surface area contributed by atoms with Gasteiger partial charge < -0.3 is 0 Å². The number of fused-ring (bicyclic) bond motifs is 1. The van der Waals surface area contributed by atoms with Crippen LogP contribution in [0.5, 0.6) is 0 Å². The van der Waals surface area contributed by atoms with E-state index in [1.54, 1.807) is 0 Å². The summed E-state index contributed by atoms with van der Waals surface area (Å²) in [6.07, 6.45) is 7.37. The highest BCUT2D eigenvalue weighted by molar-refractivity contribution is 7.16. The molecule has 0 unspecified atom stereocenters. The maximum atomic E-state index is 8.33. The lowest BCUT2D eigenvalue weighted by Crippen LogP contribution is -2.06. The topological polar surface area (TPSA) is 25.8 Å². The van der Waals surface area contributed by atoms with E-state index in [4.69, 9.17) is 11.8 Å². The summed E-state index contributed by atoms with van der Waals surface area (Å²) in [4.78, 5) is 10.1. The van der Waals surface area contributed by atoms with Gasteiger partial charge in [-0.25, -0.2) is 4.98 Å². The summed E-state index contributed by atoms with van der Waals surface area (Å²) < 4.78 is 39.1. The maximum absolute atomic E-state index is 8.33. The third kappa shape index (κ3) is 3.94. The van der Waals surface area contributed by atoms with E-state index < -0.39 is 6.85 Å². The Morgan fingerprint density at radius 3 is 2.85 bits per heavy atom. The van der Waals surface area contributed by atoms with Gasteiger partial charge in [0.2, 0.25) is 0 Å². The quantitative estimate of drug-likeness (QED) is 0.497. The third-order valence-electron chi connectivity index (χ3n) is 4.81. The summed E-state index contributed by atoms with van der Waals surface area (Å²) in [7, 11) is 0. The van der Waals surface area contributed by atoms with Crippen LogP contribution in [0, 0.1) is 6.85 Å². The number of pyridine rings is 2. The number of hydrogen-bond acceptors (Lipinski definition) is 3. The van der Waals surface area contributed by atoms with E-state index in [2.05, 4.69) is 17.1 Å². The van der Waals surface area contributed by atoms with Gasteiger partial charge in [-0.2, -0.15) is 0 Å². The van der Waals surface area contributed by atoms with Crippen molar-refractivity contribution in [1.29, 1.82) is 0 Å². The number of nitrogens with zero attached hydrogens (tertiary/aromatic N) is 2. The van der Waals surface area contributed by atoms with Crippen LogP contribution in [0.25, 0.3) is 21.5 Å². The Kier molecular flexibility index (Phi) is 3.73. The van der Waals surface area contributed by atoms with Crippen LogP contribution in [-0.2, 0) is 0 Å². The van der Waals surface area contributed by atoms with E-state index in [0.29, 0.717) is 17.2 Å². The Bertz CT molecular complexity index is 1150. The standard InChI is InChI=1S/C23H24N2S/c1-17-11-13-21(24-15-17)20-10-6-5-9-19-12-14-22(25-23(19)26-16-20)18-7-3-2-4-8-18/h5-6,9-16,18H,2-4,7-8H2,1H3/i1D3,11D,13D. The summed E-state index contributed by atoms with van der Waals surface area (Å²) in [6, 6.07) is 11.4. The summed E-state index contributed by atoms with van der Waals surface area (Å²) in [5.41, 5.74) is 1.88. The van der Waals surface area contributed by atoms with Gasteiger partial charge in [0.1, 0.15) is 4.83 Å². The van der Waals surface area contributed by atoms with Gasteiger partial charge in [0.25, 0.3) is 0 Å². The van der Waals surface area contributed by atoms with E-state index in [-0.39, 0.29) is 17.6 Å². The average molecular weight is 366 g/mol. The van der Waals surface area contributed by atoms with Crippen LogP contribution in [-0.4, -0.2) is 9.97 Å². The van der Waals surface area contributed by atoms with Crippen molar-refractivity contribution in [3.05, 3.63) is 71.3 Å². The zero-order valence-corrected chi connectivity index (χ0v) is 15.4. The molecule has 0 saturated heterocycles. The monoisotopic (exact) mass is 365 g/mol. The van der Waals surface area contributed by atoms with Crippen molar-refractivity contribution < 1.29 is 6.85 Å². The van der Waals surface area contributed by atoms with Crippen LogP contribution in [0.1, 0.15) is 56.1 Å². The minimum atomic E-state index is -2.46. The molecule has 0 bridgehead atoms. The highest BCUT2D eigenvalue weighted by atomic mass is 32.1. The molecule has 4 rings (SSSR count). The third-order valence-corrected chi connectivity index (χ3v) is 5.73. The molecule has 26 heavy (non-hydrogen) atoms. The van der Waals surface area contributed by atoms with Gasteiger partial charge in [-0.15, -0.1) is 11.3 Å². The highest BCUT2D eigenvalue weighted by Crippen LogP contribution is 2.32. The van der Waals surface area contributed by atoms with Crippen molar-refractivity contribution in [2.24, 2.45) is 0 Å². The molecule has 1 saturated carbocycles. The van der Waals surface area contributed by atoms with Gasteiger partial charge in [-0.1, -0.05) is 55.6 Å². The van der Waals surface area contributed by atoms with E-state index in [1.165, 1.54) is 49.6 Å². The molecule has 3 aromatic rings. The molecule has 0 aromatic carbocycles. The Morgan fingerprint density at radius 2 is 1.96 bits per heavy atom. The van der Waals surface area contributed by atoms with Gasteiger partial charge in [0.15, 0.2) is 0 Å². The van der Waals surface area contributed by atoms with Crippen LogP contribution in [0.15, 0.2) is 60.1 Å². The first-order chi connectivity index (χ1) is 14.8. The summed E-state index contributed by atoms with van der Waals surface area (Å²) >= 11 is 1.47. The van der Waals surface area contributed by atoms with Gasteiger partial charge in [0.05, 0.1) is 8.44 Å². The van der Waals surface area contributed by atoms with Crippen LogP contribution in [0.4, 0.5) is 0 Å². The zero-order chi connectivity index (χ0) is 22.0. The van der Waals surface area contributed by atoms with Crippen molar-refractivity contribution >= 4 is 21.6 Å².